The van der Waals surface area contributed by atoms with Gasteiger partial charge in [-0.3, -0.25) is 9.11 Å². The van der Waals surface area contributed by atoms with Gasteiger partial charge in [0.25, 0.3) is 0 Å². The van der Waals surface area contributed by atoms with Gasteiger partial charge in [-0.05, 0) is 0 Å². The predicted molar refractivity (Wildman–Crippen MR) is 101 cm³/mol. The Morgan fingerprint density at radius 3 is 1.42 bits per heavy atom. The Bertz CT molecular complexity index is 632. The smallest absolute Gasteiger partial charge is 1.00 e. The number of ketones is 1. The Labute approximate surface area is 247 Å². The van der Waals surface area contributed by atoms with Crippen molar-refractivity contribution in [2.75, 3.05) is 19.8 Å². The minimum Gasteiger partial charge on any atom is -1.00 e. The molecule has 0 bridgehead atoms. The molecule has 0 saturated carbocycles. The molecule has 0 aliphatic carbocycles. The van der Waals surface area contributed by atoms with E-state index in [0.717, 1.165) is 0 Å². The molecule has 36 heavy (non-hydrogen) atoms. The van der Waals surface area contributed by atoms with Gasteiger partial charge >= 0.3 is 60.4 Å². The number of aliphatic hydroxyl groups excluding tert-OH is 10. The third-order valence-electron chi connectivity index (χ3n) is 3.02. The van der Waals surface area contributed by atoms with Crippen molar-refractivity contribution in [3.05, 3.63) is 0 Å². The average molecular weight is 619 g/mol. The fraction of sp³-hybridized carbons (Fsp3) is 0.833. The van der Waals surface area contributed by atoms with Gasteiger partial charge in [-0.2, -0.15) is 0 Å². The van der Waals surface area contributed by atoms with Gasteiger partial charge in [0.15, 0.2) is 12.1 Å². The molecule has 7 atom stereocenters. The number of rotatable bonds is 12. The first-order valence-corrected chi connectivity index (χ1v) is 11.1. The molecule has 7 unspecified atom stereocenters. The number of Topliss-reactive ketones (excluding diaryl/α,β-unsaturated/α-hetero) is 1. The monoisotopic (exact) mass is 618 g/mol. The van der Waals surface area contributed by atoms with Crippen molar-refractivity contribution < 1.29 is 136 Å². The number of carbonyl (C=O) groups is 2. The van der Waals surface area contributed by atoms with Crippen LogP contribution in [0, 0.1) is 0 Å². The van der Waals surface area contributed by atoms with Gasteiger partial charge in [-0.15, -0.1) is 0 Å². The largest absolute Gasteiger partial charge is 2.00 e. The van der Waals surface area contributed by atoms with E-state index in [9.17, 15) is 28.5 Å². The van der Waals surface area contributed by atoms with Gasteiger partial charge in [0.1, 0.15) is 49.3 Å². The molecule has 12 N–H and O–H groups in total. The third-order valence-corrected chi connectivity index (χ3v) is 4.67. The summed E-state index contributed by atoms with van der Waals surface area (Å²) in [6, 6.07) is 0. The number of phosphoric acid groups is 2. The minimum absolute atomic E-state index is 0. The molecule has 0 spiro atoms. The second-order valence-electron chi connectivity index (χ2n) is 5.69. The quantitative estimate of drug-likeness (QED) is 0.0548. The topological polar surface area (TPSA) is 366 Å². The summed E-state index contributed by atoms with van der Waals surface area (Å²) in [6.07, 6.45) is -12.1. The second kappa shape index (κ2) is 25.2. The molecular formula is C12H26ClMgNaO19P2. The summed E-state index contributed by atoms with van der Waals surface area (Å²) in [4.78, 5) is 54.6. The van der Waals surface area contributed by atoms with E-state index in [1.807, 2.05) is 0 Å². The van der Waals surface area contributed by atoms with Gasteiger partial charge in [0, 0.05) is 0 Å². The molecule has 0 aromatic heterocycles. The summed E-state index contributed by atoms with van der Waals surface area (Å²) in [7, 11) is -10.7. The molecule has 0 heterocycles. The fourth-order valence-electron chi connectivity index (χ4n) is 1.35. The Morgan fingerprint density at radius 1 is 0.833 bits per heavy atom. The van der Waals surface area contributed by atoms with E-state index in [-0.39, 0.29) is 71.3 Å². The van der Waals surface area contributed by atoms with Crippen molar-refractivity contribution in [3.8, 4) is 0 Å². The number of hydrogen-bond donors (Lipinski definition) is 12. The molecule has 0 aliphatic rings. The number of aldehydes is 1. The van der Waals surface area contributed by atoms with Gasteiger partial charge in [-0.25, -0.2) is 4.57 Å². The molecular weight excluding hydrogens is 593 g/mol. The molecule has 0 saturated heterocycles. The first-order valence-electron chi connectivity index (χ1n) is 8.15. The average Bonchev–Trinajstić information content (AvgIpc) is 2.72. The van der Waals surface area contributed by atoms with E-state index in [1.165, 1.54) is 0 Å². The van der Waals surface area contributed by atoms with Gasteiger partial charge in [0.2, 0.25) is 0 Å². The van der Waals surface area contributed by atoms with E-state index in [1.54, 1.807) is 0 Å². The number of carbonyl (C=O) groups excluding carboxylic acids is 2. The van der Waals surface area contributed by atoms with Crippen LogP contribution in [0.3, 0.4) is 0 Å². The Kier molecular flexibility index (Phi) is 35.1. The number of halogens is 1. The summed E-state index contributed by atoms with van der Waals surface area (Å²) >= 11 is 0. The van der Waals surface area contributed by atoms with Crippen LogP contribution in [0.2, 0.25) is 0 Å². The molecule has 0 rings (SSSR count). The summed E-state index contributed by atoms with van der Waals surface area (Å²) in [6.45, 7) is -2.45. The van der Waals surface area contributed by atoms with Crippen molar-refractivity contribution in [3.63, 3.8) is 0 Å². The predicted octanol–water partition coefficient (Wildman–Crippen LogP) is -15.2. The van der Waals surface area contributed by atoms with Crippen LogP contribution in [0.1, 0.15) is 0 Å². The molecule has 0 fully saturated rings. The Balaban J connectivity index is -0.0000000910. The molecule has 0 radical (unpaired) electrons. The van der Waals surface area contributed by atoms with Gasteiger partial charge < -0.3 is 92.4 Å². The maximum atomic E-state index is 10.5. The first-order chi connectivity index (χ1) is 14.8. The van der Waals surface area contributed by atoms with Crippen LogP contribution in [0.5, 0.6) is 0 Å². The van der Waals surface area contributed by atoms with Crippen molar-refractivity contribution >= 4 is 50.8 Å². The van der Waals surface area contributed by atoms with Crippen molar-refractivity contribution in [1.29, 1.82) is 0 Å². The second-order valence-corrected chi connectivity index (χ2v) is 8.22. The Morgan fingerprint density at radius 2 is 1.19 bits per heavy atom. The zero-order chi connectivity index (χ0) is 27.2. The van der Waals surface area contributed by atoms with Crippen LogP contribution in [-0.4, -0.2) is 159 Å². The normalized spacial score (nSPS) is 16.6. The third kappa shape index (κ3) is 26.8. The van der Waals surface area contributed by atoms with E-state index in [4.69, 9.17) is 60.9 Å². The first kappa shape index (κ1) is 50.1. The van der Waals surface area contributed by atoms with Gasteiger partial charge in [0.05, 0.1) is 21.0 Å². The van der Waals surface area contributed by atoms with E-state index >= 15 is 0 Å². The molecule has 19 nitrogen and oxygen atoms in total. The molecule has 0 aromatic rings. The van der Waals surface area contributed by atoms with Crippen LogP contribution >= 0.6 is 15.6 Å². The van der Waals surface area contributed by atoms with E-state index in [2.05, 4.69) is 4.31 Å². The standard InChI is InChI=1S/2C6H12O6.ClH.Mg.Na.H4O7P2/c2*7-1-3(9)5(11)6(12)4(10)2-8;;;;1-8(2,3)7-9(4,5)6/h3,5-9,11-12H,1-2H2;1,3-6,8-12H,2H2;1H;;;(H2,1,2,3)(H2,4,5,6)/q;;;+2;+1;/p-3. The van der Waals surface area contributed by atoms with Crippen molar-refractivity contribution in [2.24, 2.45) is 0 Å². The summed E-state index contributed by atoms with van der Waals surface area (Å²) in [5, 5.41) is 86.6. The van der Waals surface area contributed by atoms with Crippen LogP contribution in [0.4, 0.5) is 0 Å². The van der Waals surface area contributed by atoms with Crippen LogP contribution in [0.15, 0.2) is 0 Å². The summed E-state index contributed by atoms with van der Waals surface area (Å²) in [5.41, 5.74) is 0. The van der Waals surface area contributed by atoms with Crippen molar-refractivity contribution in [2.45, 2.75) is 42.7 Å². The molecule has 0 aromatic carbocycles. The molecule has 24 heteroatoms. The number of aliphatic hydroxyl groups is 10. The SMILES string of the molecule is O=C(CO)C(O)C(O)C(O)CO.O=CC(O)C(O)C(O)C(O)CO.O=P([O-])([O-])OP(=O)(O)O.[Cl-].[Mg+2].[Na+]. The molecule has 0 amide bonds. The van der Waals surface area contributed by atoms with E-state index in [0.29, 0.717) is 0 Å². The maximum Gasteiger partial charge on any atom is 2.00 e. The zero-order valence-electron chi connectivity index (χ0n) is 18.4. The van der Waals surface area contributed by atoms with Crippen molar-refractivity contribution in [1.82, 2.24) is 0 Å². The van der Waals surface area contributed by atoms with Gasteiger partial charge in [-0.1, -0.05) is 0 Å². The van der Waals surface area contributed by atoms with Crippen LogP contribution in [0.25, 0.3) is 0 Å². The molecule has 0 aliphatic heterocycles. The number of hydrogen-bond acceptors (Lipinski definition) is 17. The molecule has 208 valence electrons. The fourth-order valence-corrected chi connectivity index (χ4v) is 2.39. The zero-order valence-corrected chi connectivity index (χ0v) is 24.4. The summed E-state index contributed by atoms with van der Waals surface area (Å²) < 4.78 is 21.7. The minimum atomic E-state index is -5.55. The van der Waals surface area contributed by atoms with Crippen LogP contribution in [-0.2, 0) is 23.0 Å². The van der Waals surface area contributed by atoms with E-state index < -0.39 is 84.0 Å². The van der Waals surface area contributed by atoms with Crippen LogP contribution < -0.4 is 51.8 Å². The summed E-state index contributed by atoms with van der Waals surface area (Å²) in [5.74, 6) is -1.00. The Hall–Kier alpha value is 1.26. The maximum absolute atomic E-state index is 10.5.